The van der Waals surface area contributed by atoms with Gasteiger partial charge >= 0.3 is 6.18 Å². The van der Waals surface area contributed by atoms with Gasteiger partial charge in [0.05, 0.1) is 10.5 Å². The summed E-state index contributed by atoms with van der Waals surface area (Å²) in [4.78, 5) is 26.6. The Morgan fingerprint density at radius 3 is 2.65 bits per heavy atom. The number of aryl methyl sites for hydroxylation is 1. The van der Waals surface area contributed by atoms with Crippen molar-refractivity contribution in [3.63, 3.8) is 0 Å². The van der Waals surface area contributed by atoms with Crippen LogP contribution >= 0.6 is 0 Å². The molecule has 3 N–H and O–H groups in total. The quantitative estimate of drug-likeness (QED) is 0.379. The van der Waals surface area contributed by atoms with Gasteiger partial charge in [0.1, 0.15) is 11.5 Å². The number of aromatic nitrogens is 3. The molecule has 1 aromatic heterocycles. The number of nitrogens with one attached hydrogen (secondary N) is 3. The van der Waals surface area contributed by atoms with Gasteiger partial charge in [0.15, 0.2) is 5.82 Å². The van der Waals surface area contributed by atoms with E-state index in [9.17, 15) is 28.1 Å². The van der Waals surface area contributed by atoms with Gasteiger partial charge in [-0.3, -0.25) is 20.0 Å². The van der Waals surface area contributed by atoms with Crippen LogP contribution in [0.4, 0.5) is 30.2 Å². The van der Waals surface area contributed by atoms with Gasteiger partial charge in [0, 0.05) is 30.3 Å². The van der Waals surface area contributed by atoms with Gasteiger partial charge in [-0.05, 0) is 31.2 Å². The molecule has 0 unspecified atom stereocenters. The summed E-state index contributed by atoms with van der Waals surface area (Å²) in [6.45, 7) is 1.74. The number of anilines is 2. The summed E-state index contributed by atoms with van der Waals surface area (Å²) in [6, 6.07) is 9.04. The number of aromatic amines is 1. The SMILES string of the molecule is Cc1nc(-c2cccc(NC(=O)CCNc3ccc(C(F)(F)F)cc3[N+](=O)[O-])c2)n[nH]1. The number of carbonyl (C=O) groups excluding carboxylic acids is 1. The first-order chi connectivity index (χ1) is 14.6. The molecule has 3 aromatic rings. The first-order valence-electron chi connectivity index (χ1n) is 9.02. The number of benzene rings is 2. The van der Waals surface area contributed by atoms with Gasteiger partial charge < -0.3 is 10.6 Å². The number of H-pyrrole nitrogens is 1. The lowest BCUT2D eigenvalue weighted by molar-refractivity contribution is -0.384. The third-order valence-corrected chi connectivity index (χ3v) is 4.19. The topological polar surface area (TPSA) is 126 Å². The summed E-state index contributed by atoms with van der Waals surface area (Å²) in [5.74, 6) is 0.739. The molecule has 2 aromatic carbocycles. The van der Waals surface area contributed by atoms with E-state index in [1.807, 2.05) is 0 Å². The second-order valence-electron chi connectivity index (χ2n) is 6.54. The second kappa shape index (κ2) is 8.81. The number of nitro benzene ring substituents is 1. The van der Waals surface area contributed by atoms with Crippen molar-refractivity contribution in [2.45, 2.75) is 19.5 Å². The van der Waals surface area contributed by atoms with Crippen molar-refractivity contribution in [1.29, 1.82) is 0 Å². The molecule has 31 heavy (non-hydrogen) atoms. The molecular formula is C19H17F3N6O3. The first kappa shape index (κ1) is 21.7. The van der Waals surface area contributed by atoms with E-state index in [1.165, 1.54) is 0 Å². The lowest BCUT2D eigenvalue weighted by Crippen LogP contribution is -2.17. The molecule has 9 nitrogen and oxygen atoms in total. The summed E-state index contributed by atoms with van der Waals surface area (Å²) in [7, 11) is 0. The highest BCUT2D eigenvalue weighted by Crippen LogP contribution is 2.34. The molecule has 0 spiro atoms. The second-order valence-corrected chi connectivity index (χ2v) is 6.54. The van der Waals surface area contributed by atoms with Gasteiger partial charge in [-0.15, -0.1) is 0 Å². The number of carbonyl (C=O) groups is 1. The Morgan fingerprint density at radius 2 is 2.00 bits per heavy atom. The Balaban J connectivity index is 1.60. The van der Waals surface area contributed by atoms with Crippen molar-refractivity contribution in [2.75, 3.05) is 17.2 Å². The molecule has 0 atom stereocenters. The van der Waals surface area contributed by atoms with Gasteiger partial charge in [-0.2, -0.15) is 18.3 Å². The molecule has 1 heterocycles. The number of halogens is 3. The van der Waals surface area contributed by atoms with Crippen molar-refractivity contribution in [3.05, 3.63) is 64.0 Å². The number of hydrogen-bond donors (Lipinski definition) is 3. The monoisotopic (exact) mass is 434 g/mol. The molecule has 3 rings (SSSR count). The van der Waals surface area contributed by atoms with Crippen molar-refractivity contribution >= 4 is 23.0 Å². The van der Waals surface area contributed by atoms with Crippen LogP contribution in [0.2, 0.25) is 0 Å². The third-order valence-electron chi connectivity index (χ3n) is 4.19. The van der Waals surface area contributed by atoms with E-state index in [2.05, 4.69) is 25.8 Å². The molecule has 162 valence electrons. The van der Waals surface area contributed by atoms with Crippen LogP contribution in [-0.2, 0) is 11.0 Å². The lowest BCUT2D eigenvalue weighted by atomic mass is 10.1. The van der Waals surface area contributed by atoms with Gasteiger partial charge in [-0.25, -0.2) is 4.98 Å². The molecule has 1 amide bonds. The molecule has 0 radical (unpaired) electrons. The number of rotatable bonds is 7. The highest BCUT2D eigenvalue weighted by atomic mass is 19.4. The van der Waals surface area contributed by atoms with E-state index >= 15 is 0 Å². The van der Waals surface area contributed by atoms with Crippen LogP contribution in [0, 0.1) is 17.0 Å². The van der Waals surface area contributed by atoms with Crippen LogP contribution in [-0.4, -0.2) is 32.6 Å². The fourth-order valence-corrected chi connectivity index (χ4v) is 2.75. The predicted octanol–water partition coefficient (Wildman–Crippen LogP) is 4.15. The van der Waals surface area contributed by atoms with E-state index in [-0.39, 0.29) is 24.6 Å². The number of alkyl halides is 3. The largest absolute Gasteiger partial charge is 0.416 e. The molecule has 0 saturated carbocycles. The van der Waals surface area contributed by atoms with Crippen LogP contribution in [0.25, 0.3) is 11.4 Å². The minimum absolute atomic E-state index is 0.0160. The summed E-state index contributed by atoms with van der Waals surface area (Å²) in [5.41, 5.74) is -0.743. The summed E-state index contributed by atoms with van der Waals surface area (Å²) in [6.07, 6.45) is -4.76. The van der Waals surface area contributed by atoms with Gasteiger partial charge in [-0.1, -0.05) is 12.1 Å². The van der Waals surface area contributed by atoms with Crippen molar-refractivity contribution in [2.24, 2.45) is 0 Å². The molecule has 0 saturated heterocycles. The van der Waals surface area contributed by atoms with Crippen molar-refractivity contribution in [1.82, 2.24) is 15.2 Å². The Labute approximate surface area is 173 Å². The van der Waals surface area contributed by atoms with E-state index < -0.39 is 22.4 Å². The fraction of sp³-hybridized carbons (Fsp3) is 0.211. The Bertz CT molecular complexity index is 1110. The summed E-state index contributed by atoms with van der Waals surface area (Å²) >= 11 is 0. The Morgan fingerprint density at radius 1 is 1.23 bits per heavy atom. The number of amides is 1. The predicted molar refractivity (Wildman–Crippen MR) is 106 cm³/mol. The summed E-state index contributed by atoms with van der Waals surface area (Å²) < 4.78 is 38.3. The lowest BCUT2D eigenvalue weighted by Gasteiger charge is -2.11. The van der Waals surface area contributed by atoms with Gasteiger partial charge in [0.2, 0.25) is 5.91 Å². The molecule has 0 fully saturated rings. The van der Waals surface area contributed by atoms with Crippen LogP contribution < -0.4 is 10.6 Å². The van der Waals surface area contributed by atoms with Crippen LogP contribution in [0.3, 0.4) is 0 Å². The molecule has 12 heteroatoms. The minimum atomic E-state index is -4.69. The fourth-order valence-electron chi connectivity index (χ4n) is 2.75. The van der Waals surface area contributed by atoms with Crippen molar-refractivity contribution in [3.8, 4) is 11.4 Å². The number of hydrogen-bond acceptors (Lipinski definition) is 6. The Kier molecular flexibility index (Phi) is 6.18. The first-order valence-corrected chi connectivity index (χ1v) is 9.02. The molecular weight excluding hydrogens is 417 g/mol. The maximum absolute atomic E-state index is 12.8. The van der Waals surface area contributed by atoms with E-state index in [4.69, 9.17) is 0 Å². The number of nitro groups is 1. The smallest absolute Gasteiger partial charge is 0.379 e. The normalized spacial score (nSPS) is 11.2. The maximum atomic E-state index is 12.8. The zero-order chi connectivity index (χ0) is 22.6. The van der Waals surface area contributed by atoms with Crippen molar-refractivity contribution < 1.29 is 22.9 Å². The molecule has 0 aliphatic heterocycles. The zero-order valence-electron chi connectivity index (χ0n) is 16.2. The summed E-state index contributed by atoms with van der Waals surface area (Å²) in [5, 5.41) is 23.2. The minimum Gasteiger partial charge on any atom is -0.379 e. The molecule has 0 aliphatic rings. The van der Waals surface area contributed by atoms with Crippen LogP contribution in [0.5, 0.6) is 0 Å². The van der Waals surface area contributed by atoms with E-state index in [0.29, 0.717) is 29.0 Å². The zero-order valence-corrected chi connectivity index (χ0v) is 16.2. The molecule has 0 bridgehead atoms. The van der Waals surface area contributed by atoms with Crippen LogP contribution in [0.15, 0.2) is 42.5 Å². The number of nitrogens with zero attached hydrogens (tertiary/aromatic N) is 3. The average molecular weight is 434 g/mol. The van der Waals surface area contributed by atoms with E-state index in [0.717, 1.165) is 12.1 Å². The Hall–Kier alpha value is -3.96. The van der Waals surface area contributed by atoms with Gasteiger partial charge in [0.25, 0.3) is 5.69 Å². The highest BCUT2D eigenvalue weighted by Gasteiger charge is 2.33. The molecule has 0 aliphatic carbocycles. The maximum Gasteiger partial charge on any atom is 0.416 e. The van der Waals surface area contributed by atoms with Crippen LogP contribution in [0.1, 0.15) is 17.8 Å². The third kappa shape index (κ3) is 5.56. The average Bonchev–Trinajstić information content (AvgIpc) is 3.14. The highest BCUT2D eigenvalue weighted by molar-refractivity contribution is 5.91. The standard InChI is InChI=1S/C19H17F3N6O3/c1-11-24-18(27-26-11)12-3-2-4-14(9-12)25-17(29)7-8-23-15-6-5-13(19(20,21)22)10-16(15)28(30)31/h2-6,9-10,23H,7-8H2,1H3,(H,25,29)(H,24,26,27). The van der Waals surface area contributed by atoms with E-state index in [1.54, 1.807) is 31.2 Å².